The van der Waals surface area contributed by atoms with E-state index in [-0.39, 0.29) is 25.0 Å². The molecule has 5 heteroatoms. The standard InChI is InChI=1S/C12H17NO3.ClH/c1-12(2,13)8-16-11(14)9-4-6-10(15-3)7-5-9;/h4-7H,8,13H2,1-3H3;1H. The first kappa shape index (κ1) is 15.7. The minimum absolute atomic E-state index is 0. The van der Waals surface area contributed by atoms with E-state index in [1.165, 1.54) is 0 Å². The molecule has 1 aromatic rings. The van der Waals surface area contributed by atoms with Gasteiger partial charge in [0.1, 0.15) is 12.4 Å². The Hall–Kier alpha value is -1.26. The lowest BCUT2D eigenvalue weighted by atomic mass is 10.1. The van der Waals surface area contributed by atoms with Gasteiger partial charge in [0.2, 0.25) is 0 Å². The van der Waals surface area contributed by atoms with Gasteiger partial charge in [-0.05, 0) is 38.1 Å². The zero-order chi connectivity index (χ0) is 12.2. The molecule has 2 N–H and O–H groups in total. The molecule has 0 fully saturated rings. The molecule has 96 valence electrons. The van der Waals surface area contributed by atoms with Crippen molar-refractivity contribution in [2.75, 3.05) is 13.7 Å². The molecule has 1 rings (SSSR count). The lowest BCUT2D eigenvalue weighted by molar-refractivity contribution is 0.0433. The third-order valence-corrected chi connectivity index (χ3v) is 1.90. The van der Waals surface area contributed by atoms with Gasteiger partial charge in [-0.25, -0.2) is 4.79 Å². The topological polar surface area (TPSA) is 61.5 Å². The van der Waals surface area contributed by atoms with Gasteiger partial charge in [0, 0.05) is 5.54 Å². The average Bonchev–Trinajstić information content (AvgIpc) is 2.25. The summed E-state index contributed by atoms with van der Waals surface area (Å²) < 4.78 is 10.1. The van der Waals surface area contributed by atoms with Crippen LogP contribution in [0.4, 0.5) is 0 Å². The number of nitrogens with two attached hydrogens (primary N) is 1. The number of esters is 1. The molecular weight excluding hydrogens is 242 g/mol. The van der Waals surface area contributed by atoms with E-state index in [0.29, 0.717) is 11.3 Å². The van der Waals surface area contributed by atoms with Crippen molar-refractivity contribution in [2.24, 2.45) is 5.73 Å². The van der Waals surface area contributed by atoms with E-state index in [0.717, 1.165) is 0 Å². The summed E-state index contributed by atoms with van der Waals surface area (Å²) in [7, 11) is 1.57. The van der Waals surface area contributed by atoms with Crippen LogP contribution in [0.5, 0.6) is 5.75 Å². The van der Waals surface area contributed by atoms with Gasteiger partial charge < -0.3 is 15.2 Å². The second-order valence-corrected chi connectivity index (χ2v) is 4.29. The molecule has 0 spiro atoms. The van der Waals surface area contributed by atoms with Gasteiger partial charge in [-0.1, -0.05) is 0 Å². The molecule has 0 atom stereocenters. The fourth-order valence-corrected chi connectivity index (χ4v) is 1.06. The molecule has 0 aliphatic rings. The van der Waals surface area contributed by atoms with Crippen LogP contribution in [0.1, 0.15) is 24.2 Å². The summed E-state index contributed by atoms with van der Waals surface area (Å²) in [5, 5.41) is 0. The second kappa shape index (κ2) is 6.47. The van der Waals surface area contributed by atoms with Crippen molar-refractivity contribution in [2.45, 2.75) is 19.4 Å². The monoisotopic (exact) mass is 259 g/mol. The molecule has 0 bridgehead atoms. The molecule has 0 saturated heterocycles. The summed E-state index contributed by atoms with van der Waals surface area (Å²) in [4.78, 5) is 11.6. The smallest absolute Gasteiger partial charge is 0.338 e. The minimum Gasteiger partial charge on any atom is -0.497 e. The molecule has 0 unspecified atom stereocenters. The quantitative estimate of drug-likeness (QED) is 0.841. The van der Waals surface area contributed by atoms with E-state index < -0.39 is 5.54 Å². The van der Waals surface area contributed by atoms with Gasteiger partial charge in [-0.3, -0.25) is 0 Å². The summed E-state index contributed by atoms with van der Waals surface area (Å²) in [6.45, 7) is 3.79. The third kappa shape index (κ3) is 5.56. The van der Waals surface area contributed by atoms with E-state index in [9.17, 15) is 4.79 Å². The van der Waals surface area contributed by atoms with Crippen LogP contribution in [-0.4, -0.2) is 25.2 Å². The lowest BCUT2D eigenvalue weighted by Gasteiger charge is -2.17. The van der Waals surface area contributed by atoms with Crippen molar-refractivity contribution in [1.29, 1.82) is 0 Å². The Morgan fingerprint density at radius 2 is 1.82 bits per heavy atom. The number of carbonyl (C=O) groups excluding carboxylic acids is 1. The predicted molar refractivity (Wildman–Crippen MR) is 68.8 cm³/mol. The van der Waals surface area contributed by atoms with Crippen molar-refractivity contribution < 1.29 is 14.3 Å². The van der Waals surface area contributed by atoms with Crippen molar-refractivity contribution >= 4 is 18.4 Å². The molecule has 0 heterocycles. The van der Waals surface area contributed by atoms with Crippen molar-refractivity contribution in [1.82, 2.24) is 0 Å². The predicted octanol–water partition coefficient (Wildman–Crippen LogP) is 2.01. The number of benzene rings is 1. The SMILES string of the molecule is COc1ccc(C(=O)OCC(C)(C)N)cc1.Cl. The van der Waals surface area contributed by atoms with Crippen LogP contribution in [0.25, 0.3) is 0 Å². The number of rotatable bonds is 4. The fourth-order valence-electron chi connectivity index (χ4n) is 1.06. The van der Waals surface area contributed by atoms with Gasteiger partial charge in [0.15, 0.2) is 0 Å². The summed E-state index contributed by atoms with van der Waals surface area (Å²) in [5.41, 5.74) is 5.69. The molecule has 17 heavy (non-hydrogen) atoms. The molecule has 0 saturated carbocycles. The highest BCUT2D eigenvalue weighted by Gasteiger charge is 2.15. The van der Waals surface area contributed by atoms with Crippen molar-refractivity contribution in [3.8, 4) is 5.75 Å². The Morgan fingerprint density at radius 1 is 1.29 bits per heavy atom. The number of carbonyl (C=O) groups is 1. The largest absolute Gasteiger partial charge is 0.497 e. The van der Waals surface area contributed by atoms with Gasteiger partial charge in [-0.2, -0.15) is 0 Å². The summed E-state index contributed by atoms with van der Waals surface area (Å²) >= 11 is 0. The van der Waals surface area contributed by atoms with Gasteiger partial charge in [-0.15, -0.1) is 12.4 Å². The number of hydrogen-bond acceptors (Lipinski definition) is 4. The Kier molecular flexibility index (Phi) is 5.99. The van der Waals surface area contributed by atoms with E-state index in [4.69, 9.17) is 15.2 Å². The van der Waals surface area contributed by atoms with Crippen LogP contribution in [0.15, 0.2) is 24.3 Å². The summed E-state index contributed by atoms with van der Waals surface area (Å²) in [6, 6.07) is 6.74. The maximum absolute atomic E-state index is 11.6. The maximum Gasteiger partial charge on any atom is 0.338 e. The second-order valence-electron chi connectivity index (χ2n) is 4.29. The van der Waals surface area contributed by atoms with Gasteiger partial charge in [0.25, 0.3) is 0 Å². The number of hydrogen-bond donors (Lipinski definition) is 1. The molecule has 4 nitrogen and oxygen atoms in total. The Bertz CT molecular complexity index is 357. The van der Waals surface area contributed by atoms with E-state index >= 15 is 0 Å². The highest BCUT2D eigenvalue weighted by molar-refractivity contribution is 5.89. The van der Waals surface area contributed by atoms with Gasteiger partial charge in [0.05, 0.1) is 12.7 Å². The van der Waals surface area contributed by atoms with Crippen LogP contribution in [0.2, 0.25) is 0 Å². The molecule has 0 radical (unpaired) electrons. The molecule has 0 amide bonds. The Morgan fingerprint density at radius 3 is 2.24 bits per heavy atom. The maximum atomic E-state index is 11.6. The molecule has 0 aliphatic carbocycles. The average molecular weight is 260 g/mol. The summed E-state index contributed by atoms with van der Waals surface area (Å²) in [6.07, 6.45) is 0. The normalized spacial score (nSPS) is 10.4. The van der Waals surface area contributed by atoms with Crippen LogP contribution in [-0.2, 0) is 4.74 Å². The molecular formula is C12H18ClNO3. The van der Waals surface area contributed by atoms with E-state index in [1.807, 2.05) is 0 Å². The van der Waals surface area contributed by atoms with Crippen molar-refractivity contribution in [3.05, 3.63) is 29.8 Å². The first-order valence-electron chi connectivity index (χ1n) is 5.02. The van der Waals surface area contributed by atoms with Crippen LogP contribution in [0.3, 0.4) is 0 Å². The Balaban J connectivity index is 0.00000256. The fraction of sp³-hybridized carbons (Fsp3) is 0.417. The third-order valence-electron chi connectivity index (χ3n) is 1.90. The van der Waals surface area contributed by atoms with Crippen LogP contribution < -0.4 is 10.5 Å². The summed E-state index contributed by atoms with van der Waals surface area (Å²) in [5.74, 6) is 0.330. The highest BCUT2D eigenvalue weighted by atomic mass is 35.5. The highest BCUT2D eigenvalue weighted by Crippen LogP contribution is 2.12. The zero-order valence-electron chi connectivity index (χ0n) is 10.2. The Labute approximate surface area is 108 Å². The van der Waals surface area contributed by atoms with Gasteiger partial charge >= 0.3 is 5.97 Å². The van der Waals surface area contributed by atoms with Crippen LogP contribution in [0, 0.1) is 0 Å². The minimum atomic E-state index is -0.512. The first-order chi connectivity index (χ1) is 7.42. The molecule has 0 aromatic heterocycles. The first-order valence-corrected chi connectivity index (χ1v) is 5.02. The molecule has 1 aromatic carbocycles. The number of methoxy groups -OCH3 is 1. The van der Waals surface area contributed by atoms with E-state index in [1.54, 1.807) is 45.2 Å². The van der Waals surface area contributed by atoms with Crippen molar-refractivity contribution in [3.63, 3.8) is 0 Å². The number of halogens is 1. The zero-order valence-corrected chi connectivity index (χ0v) is 11.0. The van der Waals surface area contributed by atoms with E-state index in [2.05, 4.69) is 0 Å². The molecule has 0 aliphatic heterocycles. The van der Waals surface area contributed by atoms with Crippen LogP contribution >= 0.6 is 12.4 Å². The number of ether oxygens (including phenoxy) is 2. The lowest BCUT2D eigenvalue weighted by Crippen LogP contribution is -2.38.